The van der Waals surface area contributed by atoms with Crippen molar-refractivity contribution < 1.29 is 19.1 Å². The van der Waals surface area contributed by atoms with Gasteiger partial charge >= 0.3 is 5.97 Å². The Bertz CT molecular complexity index is 1110. The quantitative estimate of drug-likeness (QED) is 0.506. The van der Waals surface area contributed by atoms with Crippen LogP contribution in [0.2, 0.25) is 0 Å². The highest BCUT2D eigenvalue weighted by Gasteiger charge is 2.13. The molecule has 0 aliphatic rings. The lowest BCUT2D eigenvalue weighted by Gasteiger charge is -2.09. The largest absolute Gasteiger partial charge is 0.491 e. The molecular weight excluding hydrogens is 420 g/mol. The number of hydrogen-bond donors (Lipinski definition) is 0. The van der Waals surface area contributed by atoms with E-state index in [2.05, 4.69) is 4.99 Å². The van der Waals surface area contributed by atoms with E-state index in [1.165, 1.54) is 18.4 Å². The Morgan fingerprint density at radius 3 is 2.47 bits per heavy atom. The maximum atomic E-state index is 12.8. The Kier molecular flexibility index (Phi) is 7.33. The third-order valence-electron chi connectivity index (χ3n) is 4.29. The van der Waals surface area contributed by atoms with Crippen molar-refractivity contribution in [3.05, 3.63) is 58.4 Å². The van der Waals surface area contributed by atoms with Crippen molar-refractivity contribution in [3.8, 4) is 5.75 Å². The molecule has 0 unspecified atom stereocenters. The minimum atomic E-state index is -0.390. The van der Waals surface area contributed by atoms with E-state index < -0.39 is 0 Å². The summed E-state index contributed by atoms with van der Waals surface area (Å²) in [6.07, 6.45) is 2.10. The summed E-state index contributed by atoms with van der Waals surface area (Å²) >= 11 is 3.10. The van der Waals surface area contributed by atoms with Gasteiger partial charge in [-0.05, 0) is 62.6 Å². The molecule has 0 N–H and O–H groups in total. The van der Waals surface area contributed by atoms with Crippen LogP contribution in [0.3, 0.4) is 0 Å². The van der Waals surface area contributed by atoms with Crippen molar-refractivity contribution in [2.24, 2.45) is 4.99 Å². The fourth-order valence-corrected chi connectivity index (χ4v) is 4.36. The van der Waals surface area contributed by atoms with Gasteiger partial charge in [-0.25, -0.2) is 4.79 Å². The molecule has 8 heteroatoms. The molecule has 3 aromatic rings. The summed E-state index contributed by atoms with van der Waals surface area (Å²) in [5.74, 6) is 0.893. The Labute approximate surface area is 183 Å². The van der Waals surface area contributed by atoms with Crippen molar-refractivity contribution in [1.29, 1.82) is 0 Å². The van der Waals surface area contributed by atoms with Gasteiger partial charge in [0.2, 0.25) is 0 Å². The molecule has 158 valence electrons. The predicted octanol–water partition coefficient (Wildman–Crippen LogP) is 4.38. The van der Waals surface area contributed by atoms with Gasteiger partial charge in [0.25, 0.3) is 5.91 Å². The molecule has 3 rings (SSSR count). The van der Waals surface area contributed by atoms with E-state index in [0.717, 1.165) is 16.0 Å². The highest BCUT2D eigenvalue weighted by Crippen LogP contribution is 2.21. The van der Waals surface area contributed by atoms with E-state index in [9.17, 15) is 9.59 Å². The lowest BCUT2D eigenvalue weighted by molar-refractivity contribution is 0.0600. The molecule has 1 amide bonds. The average molecular weight is 445 g/mol. The fourth-order valence-electron chi connectivity index (χ4n) is 2.90. The summed E-state index contributed by atoms with van der Waals surface area (Å²) in [4.78, 5) is 29.6. The van der Waals surface area contributed by atoms with E-state index in [0.29, 0.717) is 28.2 Å². The van der Waals surface area contributed by atoms with Gasteiger partial charge in [-0.15, -0.1) is 0 Å². The molecular formula is C22H24N2O4S2. The lowest BCUT2D eigenvalue weighted by atomic mass is 10.2. The van der Waals surface area contributed by atoms with Crippen molar-refractivity contribution in [1.82, 2.24) is 4.57 Å². The van der Waals surface area contributed by atoms with E-state index in [1.807, 2.05) is 30.7 Å². The highest BCUT2D eigenvalue weighted by atomic mass is 32.2. The molecule has 0 atom stereocenters. The Morgan fingerprint density at radius 1 is 1.13 bits per heavy atom. The third kappa shape index (κ3) is 5.12. The highest BCUT2D eigenvalue weighted by molar-refractivity contribution is 7.98. The third-order valence-corrected chi connectivity index (χ3v) is 5.93. The number of aromatic nitrogens is 1. The van der Waals surface area contributed by atoms with Crippen molar-refractivity contribution >= 4 is 45.2 Å². The molecule has 0 saturated heterocycles. The van der Waals surface area contributed by atoms with Gasteiger partial charge in [0.15, 0.2) is 4.80 Å². The van der Waals surface area contributed by atoms with Gasteiger partial charge in [-0.2, -0.15) is 16.8 Å². The number of fused-ring (bicyclic) bond motifs is 1. The smallest absolute Gasteiger partial charge is 0.337 e. The summed E-state index contributed by atoms with van der Waals surface area (Å²) in [6, 6.07) is 12.4. The van der Waals surface area contributed by atoms with Crippen LogP contribution >= 0.6 is 23.1 Å². The second-order valence-electron chi connectivity index (χ2n) is 6.81. The molecule has 6 nitrogen and oxygen atoms in total. The number of methoxy groups -OCH3 is 1. The maximum absolute atomic E-state index is 12.8. The molecule has 0 fully saturated rings. The second-order valence-corrected chi connectivity index (χ2v) is 8.81. The van der Waals surface area contributed by atoms with Crippen LogP contribution in [0.1, 0.15) is 34.6 Å². The second kappa shape index (κ2) is 9.95. The first-order chi connectivity index (χ1) is 14.4. The lowest BCUT2D eigenvalue weighted by Crippen LogP contribution is -2.18. The van der Waals surface area contributed by atoms with Gasteiger partial charge in [-0.3, -0.25) is 4.79 Å². The Hall–Kier alpha value is -2.58. The zero-order valence-corrected chi connectivity index (χ0v) is 19.0. The Morgan fingerprint density at radius 2 is 1.83 bits per heavy atom. The van der Waals surface area contributed by atoms with Gasteiger partial charge in [0.05, 0.1) is 29.0 Å². The van der Waals surface area contributed by atoms with Gasteiger partial charge in [0.1, 0.15) is 5.75 Å². The number of thiazole rings is 1. The molecule has 0 radical (unpaired) electrons. The number of thioether (sulfide) groups is 1. The summed E-state index contributed by atoms with van der Waals surface area (Å²) in [6.45, 7) is 4.62. The average Bonchev–Trinajstić information content (AvgIpc) is 3.07. The number of esters is 1. The summed E-state index contributed by atoms with van der Waals surface area (Å²) in [5.41, 5.74) is 1.91. The summed E-state index contributed by atoms with van der Waals surface area (Å²) < 4.78 is 13.3. The van der Waals surface area contributed by atoms with Gasteiger partial charge < -0.3 is 14.0 Å². The molecule has 0 aliphatic heterocycles. The minimum Gasteiger partial charge on any atom is -0.491 e. The summed E-state index contributed by atoms with van der Waals surface area (Å²) in [7, 11) is 1.36. The number of ether oxygens (including phenoxy) is 2. The Balaban J connectivity index is 2.00. The van der Waals surface area contributed by atoms with Crippen molar-refractivity contribution in [3.63, 3.8) is 0 Å². The molecule has 0 saturated carbocycles. The van der Waals surface area contributed by atoms with Crippen LogP contribution in [0.4, 0.5) is 0 Å². The number of aryl methyl sites for hydroxylation is 1. The number of rotatable bonds is 7. The number of nitrogens with zero attached hydrogens (tertiary/aromatic N) is 2. The van der Waals surface area contributed by atoms with Crippen LogP contribution < -0.4 is 9.54 Å². The monoisotopic (exact) mass is 444 g/mol. The van der Waals surface area contributed by atoms with Crippen LogP contribution in [0.25, 0.3) is 10.2 Å². The molecule has 0 bridgehead atoms. The zero-order valence-electron chi connectivity index (χ0n) is 17.4. The number of carbonyl (C=O) groups is 2. The van der Waals surface area contributed by atoms with Crippen molar-refractivity contribution in [2.75, 3.05) is 19.1 Å². The molecule has 0 spiro atoms. The van der Waals surface area contributed by atoms with E-state index in [1.54, 1.807) is 48.2 Å². The topological polar surface area (TPSA) is 69.9 Å². The zero-order chi connectivity index (χ0) is 21.7. The van der Waals surface area contributed by atoms with Crippen LogP contribution in [-0.4, -0.2) is 41.7 Å². The van der Waals surface area contributed by atoms with Gasteiger partial charge in [0, 0.05) is 17.9 Å². The van der Waals surface area contributed by atoms with Crippen LogP contribution in [0, 0.1) is 0 Å². The van der Waals surface area contributed by atoms with Crippen LogP contribution in [0.5, 0.6) is 5.75 Å². The van der Waals surface area contributed by atoms with E-state index in [-0.39, 0.29) is 18.0 Å². The first-order valence-electron chi connectivity index (χ1n) is 9.49. The van der Waals surface area contributed by atoms with E-state index in [4.69, 9.17) is 9.47 Å². The fraction of sp³-hybridized carbons (Fsp3) is 0.318. The molecule has 2 aromatic carbocycles. The normalized spacial score (nSPS) is 11.8. The minimum absolute atomic E-state index is 0.0695. The molecule has 1 aromatic heterocycles. The number of amides is 1. The van der Waals surface area contributed by atoms with Crippen LogP contribution in [-0.2, 0) is 11.3 Å². The number of benzene rings is 2. The predicted molar refractivity (Wildman–Crippen MR) is 122 cm³/mol. The number of hydrogen-bond acceptors (Lipinski definition) is 6. The van der Waals surface area contributed by atoms with Crippen LogP contribution in [0.15, 0.2) is 47.5 Å². The SMILES string of the molecule is COC(=O)c1ccc2c(c1)sc(=NC(=O)c1ccc(OC(C)C)cc1)n2CCSC. The maximum Gasteiger partial charge on any atom is 0.337 e. The first-order valence-corrected chi connectivity index (χ1v) is 11.7. The molecule has 0 aliphatic carbocycles. The molecule has 30 heavy (non-hydrogen) atoms. The number of carbonyl (C=O) groups excluding carboxylic acids is 2. The first kappa shape index (κ1) is 22.1. The summed E-state index contributed by atoms with van der Waals surface area (Å²) in [5, 5.41) is 0. The van der Waals surface area contributed by atoms with Gasteiger partial charge in [-0.1, -0.05) is 11.3 Å². The molecule has 1 heterocycles. The van der Waals surface area contributed by atoms with E-state index >= 15 is 0 Å². The standard InChI is InChI=1S/C22H24N2O4S2/c1-14(2)28-17-8-5-15(6-9-17)20(25)23-22-24(11-12-29-4)18-10-7-16(21(26)27-3)13-19(18)30-22/h5-10,13-14H,11-12H2,1-4H3. The van der Waals surface area contributed by atoms with Crippen molar-refractivity contribution in [2.45, 2.75) is 26.5 Å².